The zero-order chi connectivity index (χ0) is 14.2. The second kappa shape index (κ2) is 6.08. The summed E-state index contributed by atoms with van der Waals surface area (Å²) in [6.45, 7) is 4.17. The Bertz CT molecular complexity index is 623. The summed E-state index contributed by atoms with van der Waals surface area (Å²) < 4.78 is 3.18. The molecule has 2 N–H and O–H groups in total. The van der Waals surface area contributed by atoms with Gasteiger partial charge in [-0.2, -0.15) is 0 Å². The Morgan fingerprint density at radius 2 is 1.53 bits per heavy atom. The molecule has 2 rings (SSSR count). The number of halogens is 3. The molecule has 0 aliphatic heterocycles. The fourth-order valence-corrected chi connectivity index (χ4v) is 3.81. The summed E-state index contributed by atoms with van der Waals surface area (Å²) in [4.78, 5) is 0. The third-order valence-corrected chi connectivity index (χ3v) is 5.21. The molecule has 1 unspecified atom stereocenters. The molecule has 0 aliphatic rings. The van der Waals surface area contributed by atoms with Crippen molar-refractivity contribution in [2.24, 2.45) is 5.73 Å². The molecule has 0 fully saturated rings. The summed E-state index contributed by atoms with van der Waals surface area (Å²) in [5.41, 5.74) is 11.1. The molecule has 0 saturated carbocycles. The Balaban J connectivity index is 2.49. The van der Waals surface area contributed by atoms with Crippen LogP contribution in [0.1, 0.15) is 28.3 Å². The molecule has 1 nitrogen and oxygen atoms in total. The van der Waals surface area contributed by atoms with E-state index in [9.17, 15) is 0 Å². The Kier molecular flexibility index (Phi) is 4.88. The lowest BCUT2D eigenvalue weighted by Gasteiger charge is -2.18. The fourth-order valence-electron chi connectivity index (χ4n) is 2.06. The summed E-state index contributed by atoms with van der Waals surface area (Å²) in [7, 11) is 0. The highest BCUT2D eigenvalue weighted by molar-refractivity contribution is 9.11. The molecular formula is C15H14Br3N. The van der Waals surface area contributed by atoms with Crippen LogP contribution in [0.5, 0.6) is 0 Å². The van der Waals surface area contributed by atoms with Gasteiger partial charge in [0.15, 0.2) is 0 Å². The first kappa shape index (κ1) is 15.2. The van der Waals surface area contributed by atoms with Gasteiger partial charge in [0.1, 0.15) is 0 Å². The van der Waals surface area contributed by atoms with Crippen LogP contribution in [0, 0.1) is 13.8 Å². The first-order chi connectivity index (χ1) is 8.90. The van der Waals surface area contributed by atoms with E-state index in [2.05, 4.69) is 79.8 Å². The van der Waals surface area contributed by atoms with E-state index in [1.54, 1.807) is 0 Å². The molecule has 0 saturated heterocycles. The van der Waals surface area contributed by atoms with Gasteiger partial charge in [-0.25, -0.2) is 0 Å². The number of hydrogen-bond donors (Lipinski definition) is 1. The predicted octanol–water partition coefficient (Wildman–Crippen LogP) is 5.64. The van der Waals surface area contributed by atoms with E-state index in [1.165, 1.54) is 11.1 Å². The fraction of sp³-hybridized carbons (Fsp3) is 0.200. The van der Waals surface area contributed by atoms with Gasteiger partial charge in [-0.3, -0.25) is 0 Å². The van der Waals surface area contributed by atoms with Gasteiger partial charge in [-0.05, 0) is 54.3 Å². The molecule has 2 aromatic carbocycles. The minimum atomic E-state index is -0.130. The number of benzene rings is 2. The van der Waals surface area contributed by atoms with Crippen molar-refractivity contribution in [2.75, 3.05) is 0 Å². The monoisotopic (exact) mass is 445 g/mol. The SMILES string of the molecule is Cc1cc(C(N)c2ccc(Br)cc2Br)c(C)cc1Br. The molecule has 0 bridgehead atoms. The summed E-state index contributed by atoms with van der Waals surface area (Å²) in [6.07, 6.45) is 0. The van der Waals surface area contributed by atoms with Gasteiger partial charge in [0.25, 0.3) is 0 Å². The lowest BCUT2D eigenvalue weighted by atomic mass is 9.94. The van der Waals surface area contributed by atoms with Crippen molar-refractivity contribution in [3.63, 3.8) is 0 Å². The highest BCUT2D eigenvalue weighted by Gasteiger charge is 2.15. The van der Waals surface area contributed by atoms with Gasteiger partial charge in [0, 0.05) is 13.4 Å². The van der Waals surface area contributed by atoms with Gasteiger partial charge >= 0.3 is 0 Å². The molecule has 100 valence electrons. The van der Waals surface area contributed by atoms with E-state index >= 15 is 0 Å². The molecule has 1 atom stereocenters. The van der Waals surface area contributed by atoms with Crippen molar-refractivity contribution in [1.29, 1.82) is 0 Å². The van der Waals surface area contributed by atoms with Gasteiger partial charge < -0.3 is 5.73 Å². The van der Waals surface area contributed by atoms with Crippen LogP contribution >= 0.6 is 47.8 Å². The summed E-state index contributed by atoms with van der Waals surface area (Å²) >= 11 is 10.6. The van der Waals surface area contributed by atoms with E-state index in [0.717, 1.165) is 24.5 Å². The molecule has 0 amide bonds. The van der Waals surface area contributed by atoms with Crippen LogP contribution in [0.2, 0.25) is 0 Å². The summed E-state index contributed by atoms with van der Waals surface area (Å²) in [6, 6.07) is 10.2. The average Bonchev–Trinajstić information content (AvgIpc) is 2.33. The third-order valence-electron chi connectivity index (χ3n) is 3.18. The molecule has 0 heterocycles. The van der Waals surface area contributed by atoms with Crippen molar-refractivity contribution < 1.29 is 0 Å². The Labute approximate surface area is 139 Å². The second-order valence-electron chi connectivity index (χ2n) is 4.60. The molecule has 0 radical (unpaired) electrons. The molecule has 2 aromatic rings. The third kappa shape index (κ3) is 3.30. The summed E-state index contributed by atoms with van der Waals surface area (Å²) in [5.74, 6) is 0. The maximum absolute atomic E-state index is 6.43. The van der Waals surface area contributed by atoms with E-state index in [1.807, 2.05) is 12.1 Å². The minimum Gasteiger partial charge on any atom is -0.320 e. The van der Waals surface area contributed by atoms with Crippen molar-refractivity contribution in [1.82, 2.24) is 0 Å². The van der Waals surface area contributed by atoms with Gasteiger partial charge in [-0.15, -0.1) is 0 Å². The van der Waals surface area contributed by atoms with Crippen LogP contribution in [0.15, 0.2) is 43.7 Å². The van der Waals surface area contributed by atoms with E-state index in [4.69, 9.17) is 5.73 Å². The standard InChI is InChI=1S/C15H14Br3N/c1-8-6-13(17)9(2)5-12(8)15(19)11-4-3-10(16)7-14(11)18/h3-7,15H,19H2,1-2H3. The highest BCUT2D eigenvalue weighted by atomic mass is 79.9. The van der Waals surface area contributed by atoms with Crippen LogP contribution < -0.4 is 5.73 Å². The molecule has 0 aliphatic carbocycles. The number of nitrogens with two attached hydrogens (primary N) is 1. The normalized spacial score (nSPS) is 12.5. The smallest absolute Gasteiger partial charge is 0.0565 e. The van der Waals surface area contributed by atoms with E-state index in [-0.39, 0.29) is 6.04 Å². The zero-order valence-corrected chi connectivity index (χ0v) is 15.4. The largest absolute Gasteiger partial charge is 0.320 e. The molecular weight excluding hydrogens is 434 g/mol. The summed E-state index contributed by atoms with van der Waals surface area (Å²) in [5, 5.41) is 0. The van der Waals surface area contributed by atoms with Crippen LogP contribution in [0.25, 0.3) is 0 Å². The lowest BCUT2D eigenvalue weighted by molar-refractivity contribution is 0.853. The zero-order valence-electron chi connectivity index (χ0n) is 10.7. The van der Waals surface area contributed by atoms with Crippen molar-refractivity contribution in [3.8, 4) is 0 Å². The molecule has 0 aromatic heterocycles. The van der Waals surface area contributed by atoms with Gasteiger partial charge in [0.05, 0.1) is 6.04 Å². The first-order valence-corrected chi connectivity index (χ1v) is 8.25. The number of aryl methyl sites for hydroxylation is 2. The first-order valence-electron chi connectivity index (χ1n) is 5.87. The van der Waals surface area contributed by atoms with E-state index in [0.29, 0.717) is 0 Å². The molecule has 4 heteroatoms. The maximum atomic E-state index is 6.43. The second-order valence-corrected chi connectivity index (χ2v) is 7.23. The van der Waals surface area contributed by atoms with Crippen molar-refractivity contribution >= 4 is 47.8 Å². The topological polar surface area (TPSA) is 26.0 Å². The number of hydrogen-bond acceptors (Lipinski definition) is 1. The Morgan fingerprint density at radius 1 is 0.842 bits per heavy atom. The minimum absolute atomic E-state index is 0.130. The Morgan fingerprint density at radius 3 is 2.16 bits per heavy atom. The van der Waals surface area contributed by atoms with Crippen LogP contribution in [-0.4, -0.2) is 0 Å². The highest BCUT2D eigenvalue weighted by Crippen LogP contribution is 2.32. The Hall–Kier alpha value is -0.160. The van der Waals surface area contributed by atoms with Crippen LogP contribution in [-0.2, 0) is 0 Å². The maximum Gasteiger partial charge on any atom is 0.0565 e. The lowest BCUT2D eigenvalue weighted by Crippen LogP contribution is -2.14. The van der Waals surface area contributed by atoms with Crippen LogP contribution in [0.4, 0.5) is 0 Å². The molecule has 0 spiro atoms. The van der Waals surface area contributed by atoms with Crippen molar-refractivity contribution in [2.45, 2.75) is 19.9 Å². The van der Waals surface area contributed by atoms with Crippen LogP contribution in [0.3, 0.4) is 0 Å². The molecule has 19 heavy (non-hydrogen) atoms. The average molecular weight is 448 g/mol. The van der Waals surface area contributed by atoms with Gasteiger partial charge in [-0.1, -0.05) is 59.9 Å². The van der Waals surface area contributed by atoms with Crippen molar-refractivity contribution in [3.05, 3.63) is 66.0 Å². The van der Waals surface area contributed by atoms with E-state index < -0.39 is 0 Å². The van der Waals surface area contributed by atoms with Gasteiger partial charge in [0.2, 0.25) is 0 Å². The quantitative estimate of drug-likeness (QED) is 0.633. The number of rotatable bonds is 2. The predicted molar refractivity (Wildman–Crippen MR) is 91.5 cm³/mol.